The van der Waals surface area contributed by atoms with Crippen LogP contribution in [-0.4, -0.2) is 36.9 Å². The number of nitrogens with zero attached hydrogens (tertiary/aromatic N) is 1. The van der Waals surface area contributed by atoms with Gasteiger partial charge in [-0.05, 0) is 42.7 Å². The average molecular weight is 460 g/mol. The van der Waals surface area contributed by atoms with Crippen molar-refractivity contribution in [2.75, 3.05) is 6.54 Å². The molecule has 0 aliphatic carbocycles. The molecule has 1 saturated heterocycles. The Bertz CT molecular complexity index is 1280. The number of rotatable bonds is 6. The van der Waals surface area contributed by atoms with Gasteiger partial charge < -0.3 is 0 Å². The second-order valence-electron chi connectivity index (χ2n) is 8.16. The summed E-state index contributed by atoms with van der Waals surface area (Å²) in [5.41, 5.74) is 2.99. The van der Waals surface area contributed by atoms with Crippen LogP contribution in [0.25, 0.3) is 6.08 Å². The zero-order valence-corrected chi connectivity index (χ0v) is 19.2. The first-order valence-corrected chi connectivity index (χ1v) is 12.4. The first kappa shape index (κ1) is 22.7. The molecule has 1 unspecified atom stereocenters. The van der Waals surface area contributed by atoms with Gasteiger partial charge in [0.1, 0.15) is 5.25 Å². The summed E-state index contributed by atoms with van der Waals surface area (Å²) < 4.78 is 26.9. The molecule has 5 nitrogen and oxygen atoms in total. The number of hydrogen-bond acceptors (Lipinski definition) is 4. The fraction of sp³-hybridized carbons (Fsp3) is 0.185. The average Bonchev–Trinajstić information content (AvgIpc) is 2.82. The third kappa shape index (κ3) is 4.96. The lowest BCUT2D eigenvalue weighted by Gasteiger charge is -2.32. The molecule has 0 saturated carbocycles. The molecule has 0 bridgehead atoms. The Balaban J connectivity index is 1.71. The van der Waals surface area contributed by atoms with Crippen molar-refractivity contribution in [1.82, 2.24) is 4.90 Å². The Morgan fingerprint density at radius 3 is 2.12 bits per heavy atom. The van der Waals surface area contributed by atoms with Gasteiger partial charge in [0.2, 0.25) is 5.91 Å². The van der Waals surface area contributed by atoms with Gasteiger partial charge in [-0.1, -0.05) is 78.4 Å². The highest BCUT2D eigenvalue weighted by molar-refractivity contribution is 7.92. The highest BCUT2D eigenvalue weighted by Gasteiger charge is 2.44. The van der Waals surface area contributed by atoms with Crippen LogP contribution < -0.4 is 0 Å². The minimum Gasteiger partial charge on any atom is -0.277 e. The number of aryl methyl sites for hydroxylation is 1. The van der Waals surface area contributed by atoms with Crippen molar-refractivity contribution in [3.63, 3.8) is 0 Å². The van der Waals surface area contributed by atoms with E-state index in [1.165, 1.54) is 12.1 Å². The molecule has 3 aromatic carbocycles. The van der Waals surface area contributed by atoms with Gasteiger partial charge in [-0.15, -0.1) is 0 Å². The predicted molar refractivity (Wildman–Crippen MR) is 128 cm³/mol. The molecule has 6 heteroatoms. The molecule has 0 N–H and O–H groups in total. The van der Waals surface area contributed by atoms with Gasteiger partial charge in [0, 0.05) is 18.5 Å². The third-order valence-electron chi connectivity index (χ3n) is 5.80. The molecule has 0 aromatic heterocycles. The Hall–Kier alpha value is -3.51. The molecule has 1 atom stereocenters. The van der Waals surface area contributed by atoms with Gasteiger partial charge in [-0.25, -0.2) is 8.42 Å². The molecule has 2 amide bonds. The van der Waals surface area contributed by atoms with Crippen LogP contribution in [0.3, 0.4) is 0 Å². The number of hydrogen-bond donors (Lipinski definition) is 0. The first-order valence-electron chi connectivity index (χ1n) is 10.8. The maximum Gasteiger partial charge on any atom is 0.256 e. The number of carbonyl (C=O) groups excluding carboxylic acids is 2. The topological polar surface area (TPSA) is 71.5 Å². The minimum atomic E-state index is -3.98. The number of benzene rings is 3. The Labute approximate surface area is 194 Å². The summed E-state index contributed by atoms with van der Waals surface area (Å²) in [6, 6.07) is 25.2. The van der Waals surface area contributed by atoms with Crippen molar-refractivity contribution in [2.45, 2.75) is 29.9 Å². The quantitative estimate of drug-likeness (QED) is 0.409. The van der Waals surface area contributed by atoms with Crippen molar-refractivity contribution < 1.29 is 18.0 Å². The molecule has 0 radical (unpaired) electrons. The lowest BCUT2D eigenvalue weighted by atomic mass is 9.99. The molecule has 168 valence electrons. The van der Waals surface area contributed by atoms with Crippen molar-refractivity contribution in [3.8, 4) is 0 Å². The van der Waals surface area contributed by atoms with Crippen molar-refractivity contribution >= 4 is 27.7 Å². The monoisotopic (exact) mass is 459 g/mol. The van der Waals surface area contributed by atoms with Crippen molar-refractivity contribution in [3.05, 3.63) is 107 Å². The Morgan fingerprint density at radius 1 is 0.879 bits per heavy atom. The Morgan fingerprint density at radius 2 is 1.48 bits per heavy atom. The smallest absolute Gasteiger partial charge is 0.256 e. The molecular weight excluding hydrogens is 434 g/mol. The lowest BCUT2D eigenvalue weighted by Crippen LogP contribution is -2.52. The van der Waals surface area contributed by atoms with E-state index in [0.29, 0.717) is 12.0 Å². The van der Waals surface area contributed by atoms with Gasteiger partial charge >= 0.3 is 0 Å². The summed E-state index contributed by atoms with van der Waals surface area (Å²) in [6.45, 7) is 1.99. The highest BCUT2D eigenvalue weighted by atomic mass is 32.2. The standard InChI is InChI=1S/C27H25NO4S/c1-20-12-14-24(15-13-20)33(31,32)25-19-23(18-22-10-6-3-7-11-22)26(29)28(27(25)30)17-16-21-8-4-2-5-9-21/h2-15,18,25H,16-17,19H2,1H3/b23-18+. The lowest BCUT2D eigenvalue weighted by molar-refractivity contribution is -0.144. The van der Waals surface area contributed by atoms with E-state index in [1.54, 1.807) is 18.2 Å². The van der Waals surface area contributed by atoms with Gasteiger partial charge in [-0.2, -0.15) is 0 Å². The largest absolute Gasteiger partial charge is 0.277 e. The molecule has 1 aliphatic rings. The molecule has 33 heavy (non-hydrogen) atoms. The van der Waals surface area contributed by atoms with E-state index in [1.807, 2.05) is 67.6 Å². The minimum absolute atomic E-state index is 0.0860. The zero-order chi connectivity index (χ0) is 23.4. The molecule has 1 aliphatic heterocycles. The number of piperidine rings is 1. The fourth-order valence-electron chi connectivity index (χ4n) is 3.92. The molecule has 3 aromatic rings. The van der Waals surface area contributed by atoms with E-state index in [-0.39, 0.29) is 17.9 Å². The van der Waals surface area contributed by atoms with Crippen molar-refractivity contribution in [1.29, 1.82) is 0 Å². The summed E-state index contributed by atoms with van der Waals surface area (Å²) >= 11 is 0. The SMILES string of the molecule is Cc1ccc(S(=O)(=O)C2C/C(=C\c3ccccc3)C(=O)N(CCc3ccccc3)C2=O)cc1. The van der Waals surface area contributed by atoms with Crippen LogP contribution >= 0.6 is 0 Å². The van der Waals surface area contributed by atoms with E-state index in [0.717, 1.165) is 21.6 Å². The van der Waals surface area contributed by atoms with Gasteiger partial charge in [0.25, 0.3) is 5.91 Å². The highest BCUT2D eigenvalue weighted by Crippen LogP contribution is 2.30. The maximum atomic E-state index is 13.4. The molecular formula is C27H25NO4S. The number of sulfone groups is 1. The van der Waals surface area contributed by atoms with Crippen LogP contribution in [0.5, 0.6) is 0 Å². The van der Waals surface area contributed by atoms with E-state index in [2.05, 4.69) is 0 Å². The maximum absolute atomic E-state index is 13.4. The Kier molecular flexibility index (Phi) is 6.56. The van der Waals surface area contributed by atoms with E-state index < -0.39 is 26.9 Å². The van der Waals surface area contributed by atoms with Crippen LogP contribution in [-0.2, 0) is 25.8 Å². The number of carbonyl (C=O) groups is 2. The van der Waals surface area contributed by atoms with Crippen LogP contribution in [0.15, 0.2) is 95.4 Å². The number of imide groups is 1. The predicted octanol–water partition coefficient (Wildman–Crippen LogP) is 4.22. The summed E-state index contributed by atoms with van der Waals surface area (Å²) in [7, 11) is -3.98. The van der Waals surface area contributed by atoms with Crippen LogP contribution in [0.4, 0.5) is 0 Å². The van der Waals surface area contributed by atoms with E-state index in [4.69, 9.17) is 0 Å². The zero-order valence-electron chi connectivity index (χ0n) is 18.3. The normalized spacial score (nSPS) is 18.0. The van der Waals surface area contributed by atoms with E-state index in [9.17, 15) is 18.0 Å². The second-order valence-corrected chi connectivity index (χ2v) is 10.3. The third-order valence-corrected chi connectivity index (χ3v) is 7.84. The van der Waals surface area contributed by atoms with Gasteiger partial charge in [-0.3, -0.25) is 14.5 Å². The molecule has 0 spiro atoms. The van der Waals surface area contributed by atoms with Crippen molar-refractivity contribution in [2.24, 2.45) is 0 Å². The van der Waals surface area contributed by atoms with E-state index >= 15 is 0 Å². The van der Waals surface area contributed by atoms with Gasteiger partial charge in [0.05, 0.1) is 4.90 Å². The molecule has 1 fully saturated rings. The summed E-state index contributed by atoms with van der Waals surface area (Å²) in [5.74, 6) is -1.10. The first-order chi connectivity index (χ1) is 15.9. The summed E-state index contributed by atoms with van der Waals surface area (Å²) in [5, 5.41) is -1.34. The summed E-state index contributed by atoms with van der Waals surface area (Å²) in [6.07, 6.45) is 1.99. The fourth-order valence-corrected chi connectivity index (χ4v) is 5.56. The van der Waals surface area contributed by atoms with Crippen LogP contribution in [0.1, 0.15) is 23.1 Å². The number of likely N-dealkylation sites (tertiary alicyclic amines) is 1. The van der Waals surface area contributed by atoms with Gasteiger partial charge in [0.15, 0.2) is 9.84 Å². The second kappa shape index (κ2) is 9.55. The molecule has 1 heterocycles. The van der Waals surface area contributed by atoms with Crippen LogP contribution in [0, 0.1) is 6.92 Å². The molecule has 4 rings (SSSR count). The number of amides is 2. The van der Waals surface area contributed by atoms with Crippen LogP contribution in [0.2, 0.25) is 0 Å². The summed E-state index contributed by atoms with van der Waals surface area (Å²) in [4.78, 5) is 27.8.